The van der Waals surface area contributed by atoms with E-state index in [1.165, 1.54) is 11.8 Å². The lowest BCUT2D eigenvalue weighted by Crippen LogP contribution is -2.14. The molecule has 0 spiro atoms. The fourth-order valence-electron chi connectivity index (χ4n) is 1.74. The number of hydrogen-bond acceptors (Lipinski definition) is 4. The second kappa shape index (κ2) is 6.37. The largest absolute Gasteiger partial charge is 0.478 e. The van der Waals surface area contributed by atoms with E-state index in [2.05, 4.69) is 4.72 Å². The molecule has 0 heterocycles. The van der Waals surface area contributed by atoms with Gasteiger partial charge in [-0.2, -0.15) is 0 Å². The fourth-order valence-corrected chi connectivity index (χ4v) is 3.27. The number of benzene rings is 2. The summed E-state index contributed by atoms with van der Waals surface area (Å²) in [5.74, 6) is -2.52. The van der Waals surface area contributed by atoms with Crippen molar-refractivity contribution < 1.29 is 22.7 Å². The number of halogens is 1. The van der Waals surface area contributed by atoms with Gasteiger partial charge in [0.05, 0.1) is 10.5 Å². The Hall–Kier alpha value is -2.06. The molecular weight excluding hydrogens is 329 g/mol. The number of carbonyl (C=O) groups is 1. The van der Waals surface area contributed by atoms with Crippen LogP contribution in [-0.4, -0.2) is 25.7 Å². The van der Waals surface area contributed by atoms with Gasteiger partial charge in [0.2, 0.25) is 0 Å². The van der Waals surface area contributed by atoms with Crippen LogP contribution < -0.4 is 4.72 Å². The molecule has 0 aliphatic heterocycles. The SMILES string of the molecule is CSc1cccc(NS(=O)(=O)c2ccc(F)c(C(=O)O)c2)c1. The highest BCUT2D eigenvalue weighted by molar-refractivity contribution is 7.98. The van der Waals surface area contributed by atoms with E-state index in [0.717, 1.165) is 23.1 Å². The number of anilines is 1. The van der Waals surface area contributed by atoms with Gasteiger partial charge in [-0.15, -0.1) is 11.8 Å². The monoisotopic (exact) mass is 341 g/mol. The third kappa shape index (κ3) is 3.58. The van der Waals surface area contributed by atoms with Crippen molar-refractivity contribution in [3.8, 4) is 0 Å². The van der Waals surface area contributed by atoms with Gasteiger partial charge in [0.15, 0.2) is 0 Å². The molecule has 0 aromatic heterocycles. The highest BCUT2D eigenvalue weighted by atomic mass is 32.2. The summed E-state index contributed by atoms with van der Waals surface area (Å²) < 4.78 is 40.2. The van der Waals surface area contributed by atoms with Crippen LogP contribution in [0.4, 0.5) is 10.1 Å². The summed E-state index contributed by atoms with van der Waals surface area (Å²) in [7, 11) is -4.00. The molecule has 0 saturated heterocycles. The van der Waals surface area contributed by atoms with Crippen molar-refractivity contribution in [2.24, 2.45) is 0 Å². The number of rotatable bonds is 5. The molecule has 2 N–H and O–H groups in total. The highest BCUT2D eigenvalue weighted by Gasteiger charge is 2.19. The number of thioether (sulfide) groups is 1. The summed E-state index contributed by atoms with van der Waals surface area (Å²) in [6.45, 7) is 0. The molecular formula is C14H12FNO4S2. The van der Waals surface area contributed by atoms with E-state index < -0.39 is 27.4 Å². The number of nitrogens with one attached hydrogen (secondary N) is 1. The molecule has 0 fully saturated rings. The Bertz CT molecular complexity index is 821. The number of carboxylic acids is 1. The van der Waals surface area contributed by atoms with E-state index >= 15 is 0 Å². The predicted molar refractivity (Wildman–Crippen MR) is 82.4 cm³/mol. The molecule has 2 aromatic rings. The van der Waals surface area contributed by atoms with Crippen molar-refractivity contribution in [3.63, 3.8) is 0 Å². The van der Waals surface area contributed by atoms with E-state index in [1.54, 1.807) is 18.2 Å². The molecule has 5 nitrogen and oxygen atoms in total. The Morgan fingerprint density at radius 2 is 1.95 bits per heavy atom. The molecule has 0 radical (unpaired) electrons. The standard InChI is InChI=1S/C14H12FNO4S2/c1-21-10-4-2-3-9(7-10)16-22(19,20)11-5-6-13(15)12(8-11)14(17)18/h2-8,16H,1H3,(H,17,18). The van der Waals surface area contributed by atoms with Gasteiger partial charge in [-0.1, -0.05) is 6.07 Å². The van der Waals surface area contributed by atoms with Crippen molar-refractivity contribution in [1.82, 2.24) is 0 Å². The molecule has 22 heavy (non-hydrogen) atoms. The average Bonchev–Trinajstić information content (AvgIpc) is 2.46. The van der Waals surface area contributed by atoms with Crippen molar-refractivity contribution in [2.75, 3.05) is 11.0 Å². The number of hydrogen-bond donors (Lipinski definition) is 2. The lowest BCUT2D eigenvalue weighted by atomic mass is 10.2. The molecule has 2 rings (SSSR count). The second-order valence-electron chi connectivity index (χ2n) is 4.28. The Kier molecular flexibility index (Phi) is 4.72. The zero-order chi connectivity index (χ0) is 16.3. The van der Waals surface area contributed by atoms with Gasteiger partial charge in [0, 0.05) is 10.6 Å². The zero-order valence-corrected chi connectivity index (χ0v) is 13.0. The summed E-state index contributed by atoms with van der Waals surface area (Å²) >= 11 is 1.45. The summed E-state index contributed by atoms with van der Waals surface area (Å²) in [6.07, 6.45) is 1.85. The maximum Gasteiger partial charge on any atom is 0.338 e. The average molecular weight is 341 g/mol. The number of sulfonamides is 1. The molecule has 0 amide bonds. The van der Waals surface area contributed by atoms with E-state index in [1.807, 2.05) is 12.3 Å². The van der Waals surface area contributed by atoms with Crippen LogP contribution in [0.5, 0.6) is 0 Å². The Morgan fingerprint density at radius 1 is 1.23 bits per heavy atom. The van der Waals surface area contributed by atoms with Crippen LogP contribution in [-0.2, 0) is 10.0 Å². The zero-order valence-electron chi connectivity index (χ0n) is 11.4. The maximum atomic E-state index is 13.3. The summed E-state index contributed by atoms with van der Waals surface area (Å²) in [6, 6.07) is 9.35. The Morgan fingerprint density at radius 3 is 2.59 bits per heavy atom. The molecule has 0 aliphatic rings. The molecule has 116 valence electrons. The van der Waals surface area contributed by atoms with E-state index in [9.17, 15) is 17.6 Å². The Balaban J connectivity index is 2.38. The van der Waals surface area contributed by atoms with Crippen LogP contribution in [0.15, 0.2) is 52.3 Å². The van der Waals surface area contributed by atoms with Crippen LogP contribution in [0.1, 0.15) is 10.4 Å². The van der Waals surface area contributed by atoms with E-state index in [0.29, 0.717) is 5.69 Å². The molecule has 0 unspecified atom stereocenters. The minimum atomic E-state index is -4.00. The first-order valence-corrected chi connectivity index (χ1v) is 8.74. The number of aromatic carboxylic acids is 1. The first-order chi connectivity index (χ1) is 10.3. The van der Waals surface area contributed by atoms with Gasteiger partial charge in [-0.05, 0) is 42.7 Å². The van der Waals surface area contributed by atoms with Crippen LogP contribution in [0.25, 0.3) is 0 Å². The van der Waals surface area contributed by atoms with Crippen LogP contribution in [0, 0.1) is 5.82 Å². The minimum Gasteiger partial charge on any atom is -0.478 e. The molecule has 0 saturated carbocycles. The first-order valence-electron chi connectivity index (χ1n) is 6.03. The molecule has 0 atom stereocenters. The third-order valence-corrected chi connectivity index (χ3v) is 4.90. The van der Waals surface area contributed by atoms with Gasteiger partial charge in [-0.3, -0.25) is 4.72 Å². The first kappa shape index (κ1) is 16.3. The van der Waals surface area contributed by atoms with Crippen molar-refractivity contribution >= 4 is 33.4 Å². The van der Waals surface area contributed by atoms with E-state index in [-0.39, 0.29) is 4.90 Å². The number of carboxylic acid groups (broad SMARTS) is 1. The highest BCUT2D eigenvalue weighted by Crippen LogP contribution is 2.22. The third-order valence-electron chi connectivity index (χ3n) is 2.80. The minimum absolute atomic E-state index is 0.319. The predicted octanol–water partition coefficient (Wildman–Crippen LogP) is 3.05. The smallest absolute Gasteiger partial charge is 0.338 e. The second-order valence-corrected chi connectivity index (χ2v) is 6.85. The molecule has 8 heteroatoms. The normalized spacial score (nSPS) is 11.2. The van der Waals surface area contributed by atoms with Gasteiger partial charge >= 0.3 is 5.97 Å². The summed E-state index contributed by atoms with van der Waals surface area (Å²) in [4.78, 5) is 11.4. The van der Waals surface area contributed by atoms with Crippen molar-refractivity contribution in [2.45, 2.75) is 9.79 Å². The van der Waals surface area contributed by atoms with E-state index in [4.69, 9.17) is 5.11 Å². The van der Waals surface area contributed by atoms with Gasteiger partial charge in [-0.25, -0.2) is 17.6 Å². The van der Waals surface area contributed by atoms with Crippen LogP contribution in [0.2, 0.25) is 0 Å². The van der Waals surface area contributed by atoms with Crippen molar-refractivity contribution in [3.05, 3.63) is 53.8 Å². The lowest BCUT2D eigenvalue weighted by Gasteiger charge is -2.10. The van der Waals surface area contributed by atoms with Gasteiger partial charge in [0.1, 0.15) is 5.82 Å². The maximum absolute atomic E-state index is 13.3. The molecule has 2 aromatic carbocycles. The van der Waals surface area contributed by atoms with Crippen LogP contribution in [0.3, 0.4) is 0 Å². The van der Waals surface area contributed by atoms with Crippen molar-refractivity contribution in [1.29, 1.82) is 0 Å². The quantitative estimate of drug-likeness (QED) is 0.817. The fraction of sp³-hybridized carbons (Fsp3) is 0.0714. The van der Waals surface area contributed by atoms with Gasteiger partial charge in [0.25, 0.3) is 10.0 Å². The topological polar surface area (TPSA) is 83.5 Å². The summed E-state index contributed by atoms with van der Waals surface area (Å²) in [5, 5.41) is 8.86. The Labute approximate surface area is 131 Å². The van der Waals surface area contributed by atoms with Gasteiger partial charge < -0.3 is 5.11 Å². The molecule has 0 aliphatic carbocycles. The van der Waals surface area contributed by atoms with Crippen LogP contribution >= 0.6 is 11.8 Å². The summed E-state index contributed by atoms with van der Waals surface area (Å²) in [5.41, 5.74) is -0.353. The lowest BCUT2D eigenvalue weighted by molar-refractivity contribution is 0.0691. The molecule has 0 bridgehead atoms.